The van der Waals surface area contributed by atoms with Gasteiger partial charge in [0, 0.05) is 11.6 Å². The molecule has 2 aromatic carbocycles. The topological polar surface area (TPSA) is 46.9 Å². The Kier molecular flexibility index (Phi) is 4.01. The van der Waals surface area contributed by atoms with Gasteiger partial charge in [0.2, 0.25) is 0 Å². The summed E-state index contributed by atoms with van der Waals surface area (Å²) in [5.74, 6) is 0.564. The van der Waals surface area contributed by atoms with Crippen LogP contribution < -0.4 is 5.32 Å². The molecular weight excluding hydrogens is 274 g/mol. The number of nitrogens with one attached hydrogen (secondary N) is 1. The van der Waals surface area contributed by atoms with Crippen molar-refractivity contribution >= 4 is 11.7 Å². The molecule has 4 heteroatoms. The summed E-state index contributed by atoms with van der Waals surface area (Å²) in [6.07, 6.45) is 1.69. The van der Waals surface area contributed by atoms with E-state index in [2.05, 4.69) is 10.4 Å². The van der Waals surface area contributed by atoms with Crippen LogP contribution in [0.4, 0.5) is 5.82 Å². The molecule has 1 amide bonds. The van der Waals surface area contributed by atoms with Gasteiger partial charge in [0.1, 0.15) is 5.82 Å². The van der Waals surface area contributed by atoms with E-state index in [1.54, 1.807) is 23.0 Å². The van der Waals surface area contributed by atoms with E-state index in [0.29, 0.717) is 17.9 Å². The highest BCUT2D eigenvalue weighted by molar-refractivity contribution is 6.03. The number of anilines is 1. The third-order valence-electron chi connectivity index (χ3n) is 3.41. The fraction of sp³-hybridized carbons (Fsp3) is 0.111. The molecule has 0 radical (unpaired) electrons. The Balaban J connectivity index is 1.76. The maximum Gasteiger partial charge on any atom is 0.256 e. The first-order valence-corrected chi connectivity index (χ1v) is 7.16. The van der Waals surface area contributed by atoms with Crippen LogP contribution in [-0.4, -0.2) is 15.7 Å². The minimum absolute atomic E-state index is 0.126. The van der Waals surface area contributed by atoms with Gasteiger partial charge < -0.3 is 5.32 Å². The molecule has 0 unspecified atom stereocenters. The molecule has 0 aliphatic rings. The van der Waals surface area contributed by atoms with Crippen LogP contribution in [0, 0.1) is 6.92 Å². The molecule has 3 rings (SSSR count). The van der Waals surface area contributed by atoms with Crippen molar-refractivity contribution in [2.24, 2.45) is 0 Å². The lowest BCUT2D eigenvalue weighted by molar-refractivity contribution is 0.102. The minimum atomic E-state index is -0.126. The van der Waals surface area contributed by atoms with Gasteiger partial charge in [0.05, 0.1) is 12.7 Å². The molecule has 1 aromatic heterocycles. The zero-order valence-corrected chi connectivity index (χ0v) is 12.4. The number of aryl methyl sites for hydroxylation is 1. The van der Waals surface area contributed by atoms with Gasteiger partial charge in [0.25, 0.3) is 5.91 Å². The molecule has 0 atom stereocenters. The summed E-state index contributed by atoms with van der Waals surface area (Å²) < 4.78 is 1.78. The zero-order chi connectivity index (χ0) is 15.4. The van der Waals surface area contributed by atoms with Gasteiger partial charge in [-0.05, 0) is 24.6 Å². The van der Waals surface area contributed by atoms with Crippen LogP contribution in [0.25, 0.3) is 0 Å². The molecule has 0 spiro atoms. The molecule has 0 aliphatic heterocycles. The highest BCUT2D eigenvalue weighted by Gasteiger charge is 2.09. The maximum absolute atomic E-state index is 12.3. The van der Waals surface area contributed by atoms with Crippen molar-refractivity contribution in [2.75, 3.05) is 5.32 Å². The number of nitrogens with zero attached hydrogens (tertiary/aromatic N) is 2. The van der Waals surface area contributed by atoms with Gasteiger partial charge in [-0.15, -0.1) is 0 Å². The van der Waals surface area contributed by atoms with E-state index < -0.39 is 0 Å². The SMILES string of the molecule is Cc1cccc(C(=O)Nc2ccnn2Cc2ccccc2)c1. The number of hydrogen-bond acceptors (Lipinski definition) is 2. The Labute approximate surface area is 129 Å². The number of amides is 1. The van der Waals surface area contributed by atoms with E-state index >= 15 is 0 Å². The standard InChI is InChI=1S/C18H17N3O/c1-14-6-5-9-16(12-14)18(22)20-17-10-11-19-21(17)13-15-7-3-2-4-8-15/h2-12H,13H2,1H3,(H,20,22). The lowest BCUT2D eigenvalue weighted by Crippen LogP contribution is -2.16. The van der Waals surface area contributed by atoms with Crippen molar-refractivity contribution < 1.29 is 4.79 Å². The number of hydrogen-bond donors (Lipinski definition) is 1. The quantitative estimate of drug-likeness (QED) is 0.800. The molecule has 1 N–H and O–H groups in total. The van der Waals surface area contributed by atoms with Crippen molar-refractivity contribution in [3.8, 4) is 0 Å². The van der Waals surface area contributed by atoms with Crippen LogP contribution in [0.5, 0.6) is 0 Å². The maximum atomic E-state index is 12.3. The lowest BCUT2D eigenvalue weighted by Gasteiger charge is -2.09. The Hall–Kier alpha value is -2.88. The molecule has 0 bridgehead atoms. The predicted molar refractivity (Wildman–Crippen MR) is 86.9 cm³/mol. The van der Waals surface area contributed by atoms with Crippen molar-refractivity contribution in [1.82, 2.24) is 9.78 Å². The molecular formula is C18H17N3O. The average Bonchev–Trinajstić information content (AvgIpc) is 2.95. The predicted octanol–water partition coefficient (Wildman–Crippen LogP) is 3.49. The van der Waals surface area contributed by atoms with E-state index in [1.807, 2.05) is 55.5 Å². The number of carbonyl (C=O) groups excluding carboxylic acids is 1. The monoisotopic (exact) mass is 291 g/mol. The Morgan fingerprint density at radius 1 is 1.09 bits per heavy atom. The summed E-state index contributed by atoms with van der Waals surface area (Å²) >= 11 is 0. The van der Waals surface area contributed by atoms with Crippen molar-refractivity contribution in [2.45, 2.75) is 13.5 Å². The Bertz CT molecular complexity index is 778. The number of rotatable bonds is 4. The molecule has 110 valence electrons. The first kappa shape index (κ1) is 14.1. The highest BCUT2D eigenvalue weighted by Crippen LogP contribution is 2.12. The molecule has 0 saturated carbocycles. The van der Waals surface area contributed by atoms with Crippen molar-refractivity contribution in [3.05, 3.63) is 83.6 Å². The van der Waals surface area contributed by atoms with Gasteiger partial charge in [0.15, 0.2) is 0 Å². The highest BCUT2D eigenvalue weighted by atomic mass is 16.1. The normalized spacial score (nSPS) is 10.4. The fourth-order valence-electron chi connectivity index (χ4n) is 2.30. The first-order chi connectivity index (χ1) is 10.7. The summed E-state index contributed by atoms with van der Waals surface area (Å²) in [7, 11) is 0. The third kappa shape index (κ3) is 3.23. The van der Waals surface area contributed by atoms with E-state index in [1.165, 1.54) is 0 Å². The zero-order valence-electron chi connectivity index (χ0n) is 12.4. The van der Waals surface area contributed by atoms with E-state index in [4.69, 9.17) is 0 Å². The van der Waals surface area contributed by atoms with Gasteiger partial charge in [-0.1, -0.05) is 48.0 Å². The largest absolute Gasteiger partial charge is 0.307 e. The van der Waals surface area contributed by atoms with Crippen molar-refractivity contribution in [3.63, 3.8) is 0 Å². The van der Waals surface area contributed by atoms with Crippen LogP contribution in [-0.2, 0) is 6.54 Å². The van der Waals surface area contributed by atoms with Crippen LogP contribution >= 0.6 is 0 Å². The second kappa shape index (κ2) is 6.26. The molecule has 1 heterocycles. The summed E-state index contributed by atoms with van der Waals surface area (Å²) in [6.45, 7) is 2.59. The third-order valence-corrected chi connectivity index (χ3v) is 3.41. The summed E-state index contributed by atoms with van der Waals surface area (Å²) in [5, 5.41) is 7.19. The number of benzene rings is 2. The summed E-state index contributed by atoms with van der Waals surface area (Å²) in [5.41, 5.74) is 2.84. The van der Waals surface area contributed by atoms with Gasteiger partial charge in [-0.3, -0.25) is 4.79 Å². The fourth-order valence-corrected chi connectivity index (χ4v) is 2.30. The second-order valence-corrected chi connectivity index (χ2v) is 5.18. The molecule has 0 aliphatic carbocycles. The van der Waals surface area contributed by atoms with Crippen LogP contribution in [0.15, 0.2) is 66.9 Å². The molecule has 4 nitrogen and oxygen atoms in total. The minimum Gasteiger partial charge on any atom is -0.307 e. The number of aromatic nitrogens is 2. The molecule has 3 aromatic rings. The van der Waals surface area contributed by atoms with Crippen LogP contribution in [0.3, 0.4) is 0 Å². The second-order valence-electron chi connectivity index (χ2n) is 5.18. The molecule has 22 heavy (non-hydrogen) atoms. The molecule has 0 saturated heterocycles. The van der Waals surface area contributed by atoms with Gasteiger partial charge in [-0.25, -0.2) is 4.68 Å². The Morgan fingerprint density at radius 3 is 2.68 bits per heavy atom. The van der Waals surface area contributed by atoms with E-state index in [0.717, 1.165) is 11.1 Å². The Morgan fingerprint density at radius 2 is 1.91 bits per heavy atom. The van der Waals surface area contributed by atoms with Gasteiger partial charge >= 0.3 is 0 Å². The van der Waals surface area contributed by atoms with Gasteiger partial charge in [-0.2, -0.15) is 5.10 Å². The van der Waals surface area contributed by atoms with E-state index in [9.17, 15) is 4.79 Å². The molecule has 0 fully saturated rings. The summed E-state index contributed by atoms with van der Waals surface area (Å²) in [6, 6.07) is 19.4. The van der Waals surface area contributed by atoms with Crippen LogP contribution in [0.1, 0.15) is 21.5 Å². The lowest BCUT2D eigenvalue weighted by atomic mass is 10.1. The smallest absolute Gasteiger partial charge is 0.256 e. The van der Waals surface area contributed by atoms with Crippen molar-refractivity contribution in [1.29, 1.82) is 0 Å². The first-order valence-electron chi connectivity index (χ1n) is 7.16. The van der Waals surface area contributed by atoms with Crippen LogP contribution in [0.2, 0.25) is 0 Å². The number of carbonyl (C=O) groups is 1. The summed E-state index contributed by atoms with van der Waals surface area (Å²) in [4.78, 5) is 12.3. The van der Waals surface area contributed by atoms with E-state index in [-0.39, 0.29) is 5.91 Å². The average molecular weight is 291 g/mol.